The van der Waals surface area contributed by atoms with Crippen molar-refractivity contribution in [3.63, 3.8) is 0 Å². The van der Waals surface area contributed by atoms with Crippen LogP contribution in [0, 0.1) is 34.0 Å². The van der Waals surface area contributed by atoms with Crippen LogP contribution >= 0.6 is 0 Å². The molecule has 0 aliphatic carbocycles. The molecule has 32 valence electrons. The van der Waals surface area contributed by atoms with E-state index in [2.05, 4.69) is 0 Å². The van der Waals surface area contributed by atoms with E-state index in [1.807, 2.05) is 0 Å². The molecule has 0 aromatic rings. The molecule has 3 nitrogen and oxygen atoms in total. The van der Waals surface area contributed by atoms with Crippen molar-refractivity contribution in [2.45, 2.75) is 2.66 Å². The van der Waals surface area contributed by atoms with Gasteiger partial charge >= 0.3 is 64.6 Å². The monoisotopic (exact) mass is 113 g/mol. The Labute approximate surface area is 64.5 Å². The van der Waals surface area contributed by atoms with Crippen LogP contribution in [0.25, 0.3) is 0 Å². The van der Waals surface area contributed by atoms with Crippen molar-refractivity contribution in [3.05, 3.63) is 0 Å². The van der Waals surface area contributed by atoms with E-state index in [-0.39, 0.29) is 27.9 Å². The van der Waals surface area contributed by atoms with Crippen molar-refractivity contribution in [3.8, 4) is 18.2 Å². The Morgan fingerprint density at radius 2 is 1.25 bits per heavy atom. The second-order valence-corrected chi connectivity index (χ2v) is 2.96. The molecule has 0 fully saturated rings. The summed E-state index contributed by atoms with van der Waals surface area (Å²) in [6, 6.07) is 4.85. The first-order valence-corrected chi connectivity index (χ1v) is 2.92. The average Bonchev–Trinajstić information content (AvgIpc) is 1.87. The Morgan fingerprint density at radius 3 is 1.25 bits per heavy atom. The Hall–Kier alpha value is -0.530. The van der Waals surface area contributed by atoms with Crippen molar-refractivity contribution in [1.82, 2.24) is 0 Å². The van der Waals surface area contributed by atoms with Crippen molar-refractivity contribution < 1.29 is 0 Å². The molecule has 0 N–H and O–H groups in total. The predicted molar refractivity (Wildman–Crippen MR) is 25.3 cm³/mol. The molecule has 0 aliphatic rings. The van der Waals surface area contributed by atoms with Crippen LogP contribution in [-0.2, 0) is 0 Å². The first-order valence-electron chi connectivity index (χ1n) is 1.92. The number of hydrogen-bond donors (Lipinski definition) is 0. The second kappa shape index (κ2) is 2.70. The third-order valence-electron chi connectivity index (χ3n) is 0.671. The fourth-order valence-corrected chi connectivity index (χ4v) is 0.0750. The molecule has 0 atom stereocenters. The topological polar surface area (TPSA) is 71.4 Å². The molecule has 0 saturated carbocycles. The number of nitriles is 3. The summed E-state index contributed by atoms with van der Waals surface area (Å²) < 4.78 is -1.32. The SMILES string of the molecule is N#C[C]([Na])(C#N)C#N. The number of hydrogen-bond acceptors (Lipinski definition) is 3. The van der Waals surface area contributed by atoms with Gasteiger partial charge in [0.25, 0.3) is 0 Å². The zero-order valence-corrected chi connectivity index (χ0v) is 6.34. The van der Waals surface area contributed by atoms with Gasteiger partial charge in [-0.3, -0.25) is 0 Å². The number of nitrogens with zero attached hydrogens (tertiary/aromatic N) is 3. The van der Waals surface area contributed by atoms with Gasteiger partial charge in [0.1, 0.15) is 0 Å². The fraction of sp³-hybridized carbons (Fsp3) is 0.250. The molecule has 0 aromatic heterocycles. The molecule has 0 spiro atoms. The van der Waals surface area contributed by atoms with E-state index in [1.54, 1.807) is 18.2 Å². The van der Waals surface area contributed by atoms with Crippen LogP contribution in [0.15, 0.2) is 0 Å². The average molecular weight is 113 g/mol. The summed E-state index contributed by atoms with van der Waals surface area (Å²) in [6.07, 6.45) is 0. The van der Waals surface area contributed by atoms with Gasteiger partial charge in [0, 0.05) is 0 Å². The molecule has 0 bridgehead atoms. The zero-order chi connectivity index (χ0) is 6.62. The van der Waals surface area contributed by atoms with Crippen molar-refractivity contribution in [2.24, 2.45) is 0 Å². The molecular formula is C4N3Na. The molecule has 0 heterocycles. The molecular weight excluding hydrogens is 113 g/mol. The Morgan fingerprint density at radius 1 is 1.00 bits per heavy atom. The van der Waals surface area contributed by atoms with E-state index in [0.717, 1.165) is 0 Å². The first-order chi connectivity index (χ1) is 3.68. The third kappa shape index (κ3) is 1.52. The summed E-state index contributed by atoms with van der Waals surface area (Å²) in [5.41, 5.74) is 0. The van der Waals surface area contributed by atoms with Gasteiger partial charge in [0.2, 0.25) is 0 Å². The Kier molecular flexibility index (Phi) is 2.52. The van der Waals surface area contributed by atoms with Crippen LogP contribution in [-0.4, -0.2) is 27.9 Å². The number of rotatable bonds is 0. The molecule has 0 aliphatic heterocycles. The minimum absolute atomic E-state index is 0.287. The van der Waals surface area contributed by atoms with Crippen LogP contribution < -0.4 is 0 Å². The minimum atomic E-state index is -1.32. The van der Waals surface area contributed by atoms with Crippen molar-refractivity contribution in [2.75, 3.05) is 0 Å². The van der Waals surface area contributed by atoms with Crippen molar-refractivity contribution >= 4 is 27.9 Å². The van der Waals surface area contributed by atoms with E-state index < -0.39 is 2.66 Å². The normalized spacial score (nSPS) is 8.38. The molecule has 0 unspecified atom stereocenters. The third-order valence-corrected chi connectivity index (χ3v) is 1.34. The van der Waals surface area contributed by atoms with E-state index in [9.17, 15) is 0 Å². The van der Waals surface area contributed by atoms with Crippen LogP contribution in [0.5, 0.6) is 0 Å². The summed E-state index contributed by atoms with van der Waals surface area (Å²) in [7, 11) is 0. The van der Waals surface area contributed by atoms with Crippen LogP contribution in [0.4, 0.5) is 0 Å². The summed E-state index contributed by atoms with van der Waals surface area (Å²) in [6.45, 7) is 0. The zero-order valence-electron chi connectivity index (χ0n) is 4.34. The summed E-state index contributed by atoms with van der Waals surface area (Å²) in [5, 5.41) is 24.4. The molecule has 0 radical (unpaired) electrons. The van der Waals surface area contributed by atoms with Gasteiger partial charge in [0.15, 0.2) is 0 Å². The Bertz CT molecular complexity index is 165. The van der Waals surface area contributed by atoms with E-state index >= 15 is 0 Å². The van der Waals surface area contributed by atoms with E-state index in [4.69, 9.17) is 15.8 Å². The van der Waals surface area contributed by atoms with Crippen molar-refractivity contribution in [1.29, 1.82) is 15.8 Å². The first kappa shape index (κ1) is 7.47. The van der Waals surface area contributed by atoms with Gasteiger partial charge in [-0.15, -0.1) is 0 Å². The van der Waals surface area contributed by atoms with Gasteiger partial charge in [-0.1, -0.05) is 0 Å². The van der Waals surface area contributed by atoms with Gasteiger partial charge in [0.05, 0.1) is 0 Å². The molecule has 0 amide bonds. The molecule has 0 aromatic carbocycles. The predicted octanol–water partition coefficient (Wildman–Crippen LogP) is -0.116. The summed E-state index contributed by atoms with van der Waals surface area (Å²) in [5.74, 6) is 0. The maximum atomic E-state index is 8.12. The second-order valence-electron chi connectivity index (χ2n) is 1.46. The summed E-state index contributed by atoms with van der Waals surface area (Å²) >= 11 is 0.287. The quantitative estimate of drug-likeness (QED) is 0.411. The van der Waals surface area contributed by atoms with Crippen LogP contribution in [0.2, 0.25) is 2.66 Å². The van der Waals surface area contributed by atoms with E-state index in [0.29, 0.717) is 0 Å². The Balaban J connectivity index is 4.42. The van der Waals surface area contributed by atoms with Gasteiger partial charge in [-0.05, 0) is 0 Å². The standard InChI is InChI=1S/C4N3.Na/c5-1-4(2-6)3-7;. The van der Waals surface area contributed by atoms with Gasteiger partial charge in [-0.2, -0.15) is 0 Å². The summed E-state index contributed by atoms with van der Waals surface area (Å²) in [4.78, 5) is 0. The molecule has 0 rings (SSSR count). The van der Waals surface area contributed by atoms with E-state index in [1.165, 1.54) is 0 Å². The fourth-order valence-electron chi connectivity index (χ4n) is 0.0750. The van der Waals surface area contributed by atoms with Gasteiger partial charge < -0.3 is 0 Å². The maximum absolute atomic E-state index is 8.12. The molecule has 0 saturated heterocycles. The van der Waals surface area contributed by atoms with Crippen LogP contribution in [0.1, 0.15) is 0 Å². The van der Waals surface area contributed by atoms with Gasteiger partial charge in [-0.25, -0.2) is 0 Å². The molecule has 8 heavy (non-hydrogen) atoms. The molecule has 4 heteroatoms. The van der Waals surface area contributed by atoms with Crippen LogP contribution in [0.3, 0.4) is 0 Å².